The molecular weight excluding hydrogens is 384 g/mol. The fraction of sp³-hybridized carbons (Fsp3) is 0.174. The quantitative estimate of drug-likeness (QED) is 0.454. The van der Waals surface area contributed by atoms with Crippen LogP contribution in [0.2, 0.25) is 5.02 Å². The van der Waals surface area contributed by atoms with Gasteiger partial charge in [-0.25, -0.2) is 9.97 Å². The number of fused-ring (bicyclic) bond motifs is 1. The molecule has 0 atom stereocenters. The van der Waals surface area contributed by atoms with Crippen LogP contribution in [0.25, 0.3) is 17.0 Å². The first kappa shape index (κ1) is 19.2. The van der Waals surface area contributed by atoms with Gasteiger partial charge in [-0.15, -0.1) is 0 Å². The van der Waals surface area contributed by atoms with Crippen molar-refractivity contribution in [3.05, 3.63) is 83.3 Å². The number of carbonyl (C=O) groups is 1. The predicted octanol–water partition coefficient (Wildman–Crippen LogP) is 5.45. The average molecular weight is 405 g/mol. The van der Waals surface area contributed by atoms with Gasteiger partial charge in [0.25, 0.3) is 5.91 Å². The lowest BCUT2D eigenvalue weighted by Gasteiger charge is -2.18. The second kappa shape index (κ2) is 7.68. The molecule has 0 aliphatic heterocycles. The fourth-order valence-electron chi connectivity index (χ4n) is 3.26. The van der Waals surface area contributed by atoms with Crippen LogP contribution >= 0.6 is 11.6 Å². The number of halogens is 1. The van der Waals surface area contributed by atoms with Gasteiger partial charge in [0.05, 0.1) is 0 Å². The van der Waals surface area contributed by atoms with Crippen molar-refractivity contribution < 1.29 is 4.79 Å². The van der Waals surface area contributed by atoms with Crippen molar-refractivity contribution in [2.24, 2.45) is 0 Å². The normalized spacial score (nSPS) is 11.2. The van der Waals surface area contributed by atoms with E-state index in [1.54, 1.807) is 40.7 Å². The minimum atomic E-state index is -0.171. The molecule has 2 aromatic heterocycles. The molecule has 0 saturated carbocycles. The Hall–Kier alpha value is -3.18. The number of hydrogen-bond donors (Lipinski definition) is 0. The molecule has 0 fully saturated rings. The minimum absolute atomic E-state index is 0.171. The van der Waals surface area contributed by atoms with Crippen LogP contribution in [0.5, 0.6) is 0 Å². The van der Waals surface area contributed by atoms with E-state index in [1.807, 2.05) is 30.5 Å². The zero-order valence-corrected chi connectivity index (χ0v) is 17.3. The molecule has 1 amide bonds. The van der Waals surface area contributed by atoms with Gasteiger partial charge in [0, 0.05) is 35.7 Å². The van der Waals surface area contributed by atoms with Crippen LogP contribution in [0.4, 0.5) is 5.69 Å². The lowest BCUT2D eigenvalue weighted by molar-refractivity contribution is 0.0988. The SMILES string of the molecule is CC(C)c1ccc(-c2nc3ncccn3c2C(=O)N(C)c2ccc(Cl)cc2)cc1. The summed E-state index contributed by atoms with van der Waals surface area (Å²) in [7, 11) is 1.74. The van der Waals surface area contributed by atoms with Crippen LogP contribution in [-0.2, 0) is 0 Å². The number of aromatic nitrogens is 3. The molecule has 2 aromatic carbocycles. The Morgan fingerprint density at radius 2 is 1.76 bits per heavy atom. The smallest absolute Gasteiger partial charge is 0.277 e. The van der Waals surface area contributed by atoms with Gasteiger partial charge in [0.2, 0.25) is 5.78 Å². The van der Waals surface area contributed by atoms with Crippen LogP contribution in [0.15, 0.2) is 67.0 Å². The third-order valence-corrected chi connectivity index (χ3v) is 5.23. The second-order valence-corrected chi connectivity index (χ2v) is 7.65. The Bertz CT molecular complexity index is 1160. The van der Waals surface area contributed by atoms with Crippen LogP contribution in [-0.4, -0.2) is 27.3 Å². The topological polar surface area (TPSA) is 50.5 Å². The first-order valence-electron chi connectivity index (χ1n) is 9.42. The van der Waals surface area contributed by atoms with E-state index in [0.717, 1.165) is 11.3 Å². The summed E-state index contributed by atoms with van der Waals surface area (Å²) in [5, 5.41) is 0.625. The average Bonchev–Trinajstić information content (AvgIpc) is 3.13. The summed E-state index contributed by atoms with van der Waals surface area (Å²) in [5.41, 5.74) is 3.96. The highest BCUT2D eigenvalue weighted by Gasteiger charge is 2.24. The molecule has 0 aliphatic rings. The lowest BCUT2D eigenvalue weighted by Crippen LogP contribution is -2.28. The van der Waals surface area contributed by atoms with E-state index in [-0.39, 0.29) is 5.91 Å². The maximum absolute atomic E-state index is 13.5. The summed E-state index contributed by atoms with van der Waals surface area (Å²) in [5.74, 6) is 0.753. The number of hydrogen-bond acceptors (Lipinski definition) is 3. The molecule has 4 aromatic rings. The Morgan fingerprint density at radius 3 is 2.41 bits per heavy atom. The first-order valence-corrected chi connectivity index (χ1v) is 9.80. The molecule has 0 radical (unpaired) electrons. The monoisotopic (exact) mass is 404 g/mol. The number of amides is 1. The highest BCUT2D eigenvalue weighted by Crippen LogP contribution is 2.28. The highest BCUT2D eigenvalue weighted by atomic mass is 35.5. The summed E-state index contributed by atoms with van der Waals surface area (Å²) >= 11 is 5.99. The zero-order valence-electron chi connectivity index (χ0n) is 16.5. The van der Waals surface area contributed by atoms with Crippen LogP contribution < -0.4 is 4.90 Å². The van der Waals surface area contributed by atoms with Gasteiger partial charge in [-0.2, -0.15) is 0 Å². The number of imidazole rings is 1. The molecule has 4 rings (SSSR count). The second-order valence-electron chi connectivity index (χ2n) is 7.22. The molecule has 0 N–H and O–H groups in total. The number of anilines is 1. The fourth-order valence-corrected chi connectivity index (χ4v) is 3.39. The van der Waals surface area contributed by atoms with Gasteiger partial charge in [0.1, 0.15) is 11.4 Å². The number of benzene rings is 2. The van der Waals surface area contributed by atoms with Crippen molar-refractivity contribution >= 4 is 29.0 Å². The summed E-state index contributed by atoms with van der Waals surface area (Å²) in [6.07, 6.45) is 3.48. The van der Waals surface area contributed by atoms with Crippen molar-refractivity contribution in [1.29, 1.82) is 0 Å². The van der Waals surface area contributed by atoms with E-state index in [9.17, 15) is 4.79 Å². The molecular formula is C23H21ClN4O. The standard InChI is InChI=1S/C23H21ClN4O/c1-15(2)16-5-7-17(8-6-16)20-21(28-14-4-13-25-23(28)26-20)22(29)27(3)19-11-9-18(24)10-12-19/h4-15H,1-3H3. The van der Waals surface area contributed by atoms with Gasteiger partial charge in [-0.05, 0) is 41.8 Å². The van der Waals surface area contributed by atoms with Crippen LogP contribution in [0, 0.1) is 0 Å². The molecule has 0 bridgehead atoms. The van der Waals surface area contributed by atoms with Crippen molar-refractivity contribution in [3.8, 4) is 11.3 Å². The summed E-state index contributed by atoms with van der Waals surface area (Å²) in [6.45, 7) is 4.31. The molecule has 0 spiro atoms. The largest absolute Gasteiger partial charge is 0.310 e. The highest BCUT2D eigenvalue weighted by molar-refractivity contribution is 6.30. The van der Waals surface area contributed by atoms with Gasteiger partial charge >= 0.3 is 0 Å². The van der Waals surface area contributed by atoms with E-state index < -0.39 is 0 Å². The van der Waals surface area contributed by atoms with Gasteiger partial charge in [-0.1, -0.05) is 49.7 Å². The Balaban J connectivity index is 1.83. The zero-order chi connectivity index (χ0) is 20.5. The van der Waals surface area contributed by atoms with Crippen molar-refractivity contribution in [1.82, 2.24) is 14.4 Å². The van der Waals surface area contributed by atoms with Crippen molar-refractivity contribution in [2.75, 3.05) is 11.9 Å². The molecule has 146 valence electrons. The first-order chi connectivity index (χ1) is 14.0. The van der Waals surface area contributed by atoms with Gasteiger partial charge < -0.3 is 4.90 Å². The Morgan fingerprint density at radius 1 is 1.07 bits per heavy atom. The van der Waals surface area contributed by atoms with E-state index in [1.165, 1.54) is 5.56 Å². The molecule has 29 heavy (non-hydrogen) atoms. The summed E-state index contributed by atoms with van der Waals surface area (Å²) in [6, 6.07) is 17.1. The van der Waals surface area contributed by atoms with E-state index >= 15 is 0 Å². The molecule has 0 aliphatic carbocycles. The van der Waals surface area contributed by atoms with Crippen molar-refractivity contribution in [2.45, 2.75) is 19.8 Å². The van der Waals surface area contributed by atoms with Gasteiger partial charge in [0.15, 0.2) is 0 Å². The Labute approximate surface area is 174 Å². The summed E-state index contributed by atoms with van der Waals surface area (Å²) < 4.78 is 1.74. The Kier molecular flexibility index (Phi) is 5.07. The third-order valence-electron chi connectivity index (χ3n) is 4.98. The van der Waals surface area contributed by atoms with Crippen molar-refractivity contribution in [3.63, 3.8) is 0 Å². The molecule has 5 nitrogen and oxygen atoms in total. The molecule has 6 heteroatoms. The molecule has 0 unspecified atom stereocenters. The predicted molar refractivity (Wildman–Crippen MR) is 117 cm³/mol. The number of rotatable bonds is 4. The van der Waals surface area contributed by atoms with Crippen LogP contribution in [0.1, 0.15) is 35.8 Å². The maximum Gasteiger partial charge on any atom is 0.277 e. The molecule has 2 heterocycles. The summed E-state index contributed by atoms with van der Waals surface area (Å²) in [4.78, 5) is 24.1. The number of carbonyl (C=O) groups excluding carboxylic acids is 1. The minimum Gasteiger partial charge on any atom is -0.310 e. The van der Waals surface area contributed by atoms with Gasteiger partial charge in [-0.3, -0.25) is 9.20 Å². The van der Waals surface area contributed by atoms with E-state index in [0.29, 0.717) is 28.1 Å². The number of nitrogens with zero attached hydrogens (tertiary/aromatic N) is 4. The van der Waals surface area contributed by atoms with E-state index in [4.69, 9.17) is 11.6 Å². The van der Waals surface area contributed by atoms with E-state index in [2.05, 4.69) is 35.9 Å². The molecule has 0 saturated heterocycles. The van der Waals surface area contributed by atoms with Crippen LogP contribution in [0.3, 0.4) is 0 Å². The lowest BCUT2D eigenvalue weighted by atomic mass is 10.0. The third kappa shape index (κ3) is 3.61. The maximum atomic E-state index is 13.5.